The van der Waals surface area contributed by atoms with Crippen molar-refractivity contribution in [2.24, 2.45) is 35.5 Å². The van der Waals surface area contributed by atoms with Crippen molar-refractivity contribution in [3.8, 4) is 0 Å². The molecule has 0 aromatic carbocycles. The van der Waals surface area contributed by atoms with Crippen LogP contribution in [0.5, 0.6) is 0 Å². The summed E-state index contributed by atoms with van der Waals surface area (Å²) in [5, 5.41) is 0. The number of rotatable bonds is 15. The Labute approximate surface area is 155 Å². The Morgan fingerprint density at radius 3 is 0.750 bits per heavy atom. The maximum absolute atomic E-state index is 2.40. The summed E-state index contributed by atoms with van der Waals surface area (Å²) in [4.78, 5) is 0. The molecular weight excluding hydrogens is 288 g/mol. The van der Waals surface area contributed by atoms with E-state index in [1.807, 2.05) is 0 Å². The van der Waals surface area contributed by atoms with Crippen LogP contribution in [0.1, 0.15) is 120 Å². The van der Waals surface area contributed by atoms with Crippen molar-refractivity contribution < 1.29 is 0 Å². The van der Waals surface area contributed by atoms with Crippen molar-refractivity contribution in [1.82, 2.24) is 0 Å². The highest BCUT2D eigenvalue weighted by Crippen LogP contribution is 2.27. The summed E-state index contributed by atoms with van der Waals surface area (Å²) in [5.74, 6) is 5.27. The van der Waals surface area contributed by atoms with Crippen LogP contribution in [-0.4, -0.2) is 0 Å². The van der Waals surface area contributed by atoms with E-state index in [1.54, 1.807) is 0 Å². The van der Waals surface area contributed by atoms with Crippen LogP contribution in [0.15, 0.2) is 0 Å². The Bertz CT molecular complexity index is 217. The normalized spacial score (nSPS) is 12.8. The molecule has 0 bridgehead atoms. The summed E-state index contributed by atoms with van der Waals surface area (Å²) in [7, 11) is 0. The van der Waals surface area contributed by atoms with E-state index in [0.29, 0.717) is 0 Å². The van der Waals surface area contributed by atoms with Crippen molar-refractivity contribution in [3.05, 3.63) is 0 Å². The van der Waals surface area contributed by atoms with E-state index in [9.17, 15) is 0 Å². The van der Waals surface area contributed by atoms with Gasteiger partial charge in [-0.25, -0.2) is 0 Å². The maximum atomic E-state index is 2.40. The van der Waals surface area contributed by atoms with Crippen molar-refractivity contribution in [3.63, 3.8) is 0 Å². The van der Waals surface area contributed by atoms with Gasteiger partial charge in [0.2, 0.25) is 0 Å². The monoisotopic (exact) mass is 338 g/mol. The Balaban J connectivity index is 3.52. The molecule has 0 radical (unpaired) electrons. The Kier molecular flexibility index (Phi) is 14.2. The van der Waals surface area contributed by atoms with E-state index in [-0.39, 0.29) is 0 Å². The fraction of sp³-hybridized carbons (Fsp3) is 1.00. The molecule has 0 nitrogen and oxygen atoms in total. The van der Waals surface area contributed by atoms with Gasteiger partial charge >= 0.3 is 0 Å². The minimum absolute atomic E-state index is 0.852. The number of unbranched alkanes of at least 4 members (excludes halogenated alkanes) is 7. The van der Waals surface area contributed by atoms with Crippen molar-refractivity contribution in [2.75, 3.05) is 0 Å². The van der Waals surface area contributed by atoms with Gasteiger partial charge < -0.3 is 0 Å². The molecule has 24 heavy (non-hydrogen) atoms. The zero-order valence-electron chi connectivity index (χ0n) is 18.5. The molecule has 0 saturated carbocycles. The van der Waals surface area contributed by atoms with Gasteiger partial charge in [0, 0.05) is 0 Å². The summed E-state index contributed by atoms with van der Waals surface area (Å²) in [6, 6.07) is 0. The highest BCUT2D eigenvalue weighted by molar-refractivity contribution is 4.68. The molecule has 0 N–H and O–H groups in total. The fourth-order valence-electron chi connectivity index (χ4n) is 4.69. The Morgan fingerprint density at radius 1 is 0.333 bits per heavy atom. The average molecular weight is 339 g/mol. The third-order valence-electron chi connectivity index (χ3n) is 6.25. The molecule has 0 fully saturated rings. The number of hydrogen-bond acceptors (Lipinski definition) is 0. The molecule has 0 aromatic rings. The first-order chi connectivity index (χ1) is 11.3. The van der Waals surface area contributed by atoms with Crippen LogP contribution in [0.2, 0.25) is 0 Å². The van der Waals surface area contributed by atoms with Gasteiger partial charge in [-0.1, -0.05) is 107 Å². The molecule has 0 atom stereocenters. The predicted molar refractivity (Wildman–Crippen MR) is 113 cm³/mol. The Morgan fingerprint density at radius 2 is 0.542 bits per heavy atom. The first kappa shape index (κ1) is 24.0. The summed E-state index contributed by atoms with van der Waals surface area (Å²) in [6.07, 6.45) is 14.6. The van der Waals surface area contributed by atoms with Crippen LogP contribution in [0.4, 0.5) is 0 Å². The third kappa shape index (κ3) is 11.5. The van der Waals surface area contributed by atoms with E-state index in [0.717, 1.165) is 35.5 Å². The van der Waals surface area contributed by atoms with Crippen LogP contribution in [0, 0.1) is 35.5 Å². The molecule has 0 aliphatic carbocycles. The second-order valence-corrected chi connectivity index (χ2v) is 9.71. The summed E-state index contributed by atoms with van der Waals surface area (Å²) in [6.45, 7) is 19.2. The van der Waals surface area contributed by atoms with Crippen LogP contribution >= 0.6 is 0 Å². The topological polar surface area (TPSA) is 0 Å². The maximum Gasteiger partial charge on any atom is -0.0368 e. The quantitative estimate of drug-likeness (QED) is 0.262. The van der Waals surface area contributed by atoms with Crippen LogP contribution in [0.3, 0.4) is 0 Å². The summed E-state index contributed by atoms with van der Waals surface area (Å²) < 4.78 is 0. The SMILES string of the molecule is CC(C)C(CCCCCCCCCCC(C(C)C)C(C)C)C(C)C. The summed E-state index contributed by atoms with van der Waals surface area (Å²) >= 11 is 0. The Hall–Kier alpha value is 0. The highest BCUT2D eigenvalue weighted by Gasteiger charge is 2.17. The first-order valence-electron chi connectivity index (χ1n) is 11.3. The van der Waals surface area contributed by atoms with Crippen LogP contribution in [-0.2, 0) is 0 Å². The molecular formula is C24H50. The lowest BCUT2D eigenvalue weighted by Crippen LogP contribution is -2.15. The lowest BCUT2D eigenvalue weighted by molar-refractivity contribution is 0.259. The zero-order valence-corrected chi connectivity index (χ0v) is 18.5. The lowest BCUT2D eigenvalue weighted by Gasteiger charge is -2.24. The molecule has 0 aromatic heterocycles. The van der Waals surface area contributed by atoms with Crippen LogP contribution < -0.4 is 0 Å². The largest absolute Gasteiger partial charge is 0.0625 e. The van der Waals surface area contributed by atoms with Gasteiger partial charge in [0.15, 0.2) is 0 Å². The van der Waals surface area contributed by atoms with Crippen molar-refractivity contribution >= 4 is 0 Å². The minimum atomic E-state index is 0.852. The van der Waals surface area contributed by atoms with Gasteiger partial charge in [-0.2, -0.15) is 0 Å². The first-order valence-corrected chi connectivity index (χ1v) is 11.3. The zero-order chi connectivity index (χ0) is 18.5. The highest BCUT2D eigenvalue weighted by atomic mass is 14.2. The molecule has 0 rings (SSSR count). The van der Waals surface area contributed by atoms with Crippen LogP contribution in [0.25, 0.3) is 0 Å². The second-order valence-electron chi connectivity index (χ2n) is 9.71. The van der Waals surface area contributed by atoms with Gasteiger partial charge in [0.25, 0.3) is 0 Å². The molecule has 0 heteroatoms. The molecule has 0 saturated heterocycles. The van der Waals surface area contributed by atoms with Gasteiger partial charge in [-0.15, -0.1) is 0 Å². The van der Waals surface area contributed by atoms with E-state index >= 15 is 0 Å². The van der Waals surface area contributed by atoms with E-state index in [2.05, 4.69) is 55.4 Å². The minimum Gasteiger partial charge on any atom is -0.0625 e. The molecule has 0 aliphatic rings. The van der Waals surface area contributed by atoms with Crippen molar-refractivity contribution in [2.45, 2.75) is 120 Å². The number of hydrogen-bond donors (Lipinski definition) is 0. The van der Waals surface area contributed by atoms with Gasteiger partial charge in [0.1, 0.15) is 0 Å². The van der Waals surface area contributed by atoms with E-state index in [1.165, 1.54) is 64.2 Å². The molecule has 0 heterocycles. The fourth-order valence-corrected chi connectivity index (χ4v) is 4.69. The predicted octanol–water partition coefficient (Wildman–Crippen LogP) is 8.74. The molecule has 0 aliphatic heterocycles. The van der Waals surface area contributed by atoms with Gasteiger partial charge in [-0.05, 0) is 48.3 Å². The smallest absolute Gasteiger partial charge is 0.0368 e. The third-order valence-corrected chi connectivity index (χ3v) is 6.25. The molecule has 0 amide bonds. The van der Waals surface area contributed by atoms with E-state index < -0.39 is 0 Å². The molecule has 0 unspecified atom stereocenters. The van der Waals surface area contributed by atoms with Gasteiger partial charge in [-0.3, -0.25) is 0 Å². The van der Waals surface area contributed by atoms with E-state index in [4.69, 9.17) is 0 Å². The lowest BCUT2D eigenvalue weighted by atomic mass is 9.81. The van der Waals surface area contributed by atoms with Gasteiger partial charge in [0.05, 0.1) is 0 Å². The average Bonchev–Trinajstić information content (AvgIpc) is 2.46. The summed E-state index contributed by atoms with van der Waals surface area (Å²) in [5.41, 5.74) is 0. The molecule has 146 valence electrons. The van der Waals surface area contributed by atoms with Crippen molar-refractivity contribution in [1.29, 1.82) is 0 Å². The molecule has 0 spiro atoms. The standard InChI is InChI=1S/C24H50/c1-19(2)23(20(3)4)17-15-13-11-9-10-12-14-16-18-24(21(5)6)22(7)8/h19-24H,9-18H2,1-8H3. The second kappa shape index (κ2) is 14.2.